The van der Waals surface area contributed by atoms with E-state index in [-0.39, 0.29) is 0 Å². The summed E-state index contributed by atoms with van der Waals surface area (Å²) < 4.78 is 10.5. The summed E-state index contributed by atoms with van der Waals surface area (Å²) in [6, 6.07) is 8.54. The van der Waals surface area contributed by atoms with Crippen LogP contribution < -0.4 is 4.74 Å². The Balaban J connectivity index is 1.71. The fourth-order valence-corrected chi connectivity index (χ4v) is 5.69. The van der Waals surface area contributed by atoms with E-state index in [4.69, 9.17) is 27.9 Å². The van der Waals surface area contributed by atoms with Crippen LogP contribution in [0.3, 0.4) is 0 Å². The van der Waals surface area contributed by atoms with Crippen LogP contribution in [0.25, 0.3) is 22.0 Å². The van der Waals surface area contributed by atoms with Gasteiger partial charge in [0, 0.05) is 46.0 Å². The van der Waals surface area contributed by atoms with Gasteiger partial charge in [-0.25, -0.2) is 0 Å². The molecule has 4 nitrogen and oxygen atoms in total. The van der Waals surface area contributed by atoms with Crippen molar-refractivity contribution < 1.29 is 4.74 Å². The zero-order valence-corrected chi connectivity index (χ0v) is 23.5. The van der Waals surface area contributed by atoms with E-state index in [1.165, 1.54) is 22.2 Å². The van der Waals surface area contributed by atoms with Gasteiger partial charge in [-0.05, 0) is 96.2 Å². The second-order valence-electron chi connectivity index (χ2n) is 9.84. The molecule has 0 bridgehead atoms. The summed E-state index contributed by atoms with van der Waals surface area (Å²) in [5, 5.41) is 7.50. The van der Waals surface area contributed by atoms with Gasteiger partial charge in [-0.1, -0.05) is 29.3 Å². The van der Waals surface area contributed by atoms with Crippen molar-refractivity contribution in [3.63, 3.8) is 0 Å². The summed E-state index contributed by atoms with van der Waals surface area (Å²) in [5.74, 6) is 0.877. The molecule has 186 valence electrons. The molecule has 0 N–H and O–H groups in total. The Morgan fingerprint density at radius 2 is 1.60 bits per heavy atom. The van der Waals surface area contributed by atoms with Crippen LogP contribution in [0.4, 0.5) is 0 Å². The lowest BCUT2D eigenvalue weighted by Gasteiger charge is -2.16. The number of rotatable bonds is 7. The second kappa shape index (κ2) is 9.91. The number of benzene rings is 2. The number of aryl methyl sites for hydroxylation is 5. The van der Waals surface area contributed by atoms with E-state index in [9.17, 15) is 0 Å². The van der Waals surface area contributed by atoms with Gasteiger partial charge in [-0.2, -0.15) is 5.10 Å². The largest absolute Gasteiger partial charge is 0.494 e. The Bertz CT molecular complexity index is 1390. The van der Waals surface area contributed by atoms with Crippen LogP contribution in [0.5, 0.6) is 5.75 Å². The number of aromatic nitrogens is 3. The van der Waals surface area contributed by atoms with E-state index < -0.39 is 0 Å². The van der Waals surface area contributed by atoms with Gasteiger partial charge < -0.3 is 9.30 Å². The Kier molecular flexibility index (Phi) is 7.26. The Labute approximate surface area is 218 Å². The molecule has 6 heteroatoms. The molecule has 0 saturated heterocycles. The number of hydrogen-bond acceptors (Lipinski definition) is 2. The zero-order valence-electron chi connectivity index (χ0n) is 22.0. The fourth-order valence-electron chi connectivity index (χ4n) is 5.33. The average molecular weight is 513 g/mol. The molecule has 0 fully saturated rings. The molecule has 2 heterocycles. The number of nitrogens with zero attached hydrogens (tertiary/aromatic N) is 3. The summed E-state index contributed by atoms with van der Waals surface area (Å²) in [6.07, 6.45) is 1.85. The molecule has 0 aliphatic rings. The number of hydrogen-bond donors (Lipinski definition) is 0. The summed E-state index contributed by atoms with van der Waals surface area (Å²) in [5.41, 5.74) is 10.3. The quantitative estimate of drug-likeness (QED) is 0.233. The van der Waals surface area contributed by atoms with Gasteiger partial charge in [0.15, 0.2) is 0 Å². The molecule has 0 aliphatic carbocycles. The number of halogens is 2. The van der Waals surface area contributed by atoms with Crippen molar-refractivity contribution in [1.29, 1.82) is 0 Å². The average Bonchev–Trinajstić information content (AvgIpc) is 3.21. The van der Waals surface area contributed by atoms with Gasteiger partial charge in [0.2, 0.25) is 0 Å². The highest BCUT2D eigenvalue weighted by atomic mass is 35.5. The first-order valence-corrected chi connectivity index (χ1v) is 13.0. The van der Waals surface area contributed by atoms with Gasteiger partial charge in [-0.15, -0.1) is 0 Å². The molecule has 0 amide bonds. The van der Waals surface area contributed by atoms with Gasteiger partial charge in [0.05, 0.1) is 22.8 Å². The highest BCUT2D eigenvalue weighted by molar-refractivity contribution is 6.35. The minimum absolute atomic E-state index is 0.303. The molecule has 2 aromatic carbocycles. The summed E-state index contributed by atoms with van der Waals surface area (Å²) >= 11 is 13.2. The highest BCUT2D eigenvalue weighted by Crippen LogP contribution is 2.42. The summed E-state index contributed by atoms with van der Waals surface area (Å²) in [4.78, 5) is 0. The molecular formula is C29H35Cl2N3O. The molecule has 0 saturated carbocycles. The van der Waals surface area contributed by atoms with Crippen molar-refractivity contribution in [3.8, 4) is 16.9 Å². The normalized spacial score (nSPS) is 11.7. The van der Waals surface area contributed by atoms with Crippen LogP contribution in [-0.4, -0.2) is 21.0 Å². The monoisotopic (exact) mass is 511 g/mol. The van der Waals surface area contributed by atoms with Crippen molar-refractivity contribution in [2.75, 3.05) is 6.61 Å². The van der Waals surface area contributed by atoms with Crippen molar-refractivity contribution in [1.82, 2.24) is 14.3 Å². The Morgan fingerprint density at radius 3 is 2.17 bits per heavy atom. The van der Waals surface area contributed by atoms with Gasteiger partial charge >= 0.3 is 0 Å². The van der Waals surface area contributed by atoms with Crippen LogP contribution in [0.2, 0.25) is 10.0 Å². The van der Waals surface area contributed by atoms with E-state index in [0.29, 0.717) is 12.6 Å². The van der Waals surface area contributed by atoms with Crippen LogP contribution in [0.1, 0.15) is 60.1 Å². The van der Waals surface area contributed by atoms with Crippen LogP contribution in [0.15, 0.2) is 24.3 Å². The maximum Gasteiger partial charge on any atom is 0.119 e. The number of fused-ring (bicyclic) bond motifs is 1. The first-order valence-electron chi connectivity index (χ1n) is 12.2. The van der Waals surface area contributed by atoms with Crippen LogP contribution in [-0.2, 0) is 13.5 Å². The first-order chi connectivity index (χ1) is 16.5. The maximum atomic E-state index is 6.88. The van der Waals surface area contributed by atoms with Gasteiger partial charge in [0.1, 0.15) is 5.75 Å². The standard InChI is InChI=1S/C29H35Cl2N3O/c1-16(2)34-20(6)23(10-9-13-35-22-14-17(3)28(31)18(4)15-22)24-11-12-25(30)27(29(24)34)26-19(5)32-33(8)21(26)7/h11-12,14-16H,9-10,13H2,1-8H3. The summed E-state index contributed by atoms with van der Waals surface area (Å²) in [6.45, 7) is 15.5. The molecular weight excluding hydrogens is 477 g/mol. The van der Waals surface area contributed by atoms with Crippen LogP contribution in [0, 0.1) is 34.6 Å². The molecule has 2 aromatic heterocycles. The second-order valence-corrected chi connectivity index (χ2v) is 10.6. The Hall–Kier alpha value is -2.43. The van der Waals surface area contributed by atoms with E-state index in [0.717, 1.165) is 62.3 Å². The van der Waals surface area contributed by atoms with Crippen LogP contribution >= 0.6 is 23.2 Å². The Morgan fingerprint density at radius 1 is 0.943 bits per heavy atom. The van der Waals surface area contributed by atoms with Gasteiger partial charge in [-0.3, -0.25) is 4.68 Å². The molecule has 0 unspecified atom stereocenters. The van der Waals surface area contributed by atoms with E-state index in [2.05, 4.69) is 50.4 Å². The third kappa shape index (κ3) is 4.59. The lowest BCUT2D eigenvalue weighted by atomic mass is 9.98. The van der Waals surface area contributed by atoms with E-state index >= 15 is 0 Å². The third-order valence-corrected chi connectivity index (χ3v) is 7.93. The topological polar surface area (TPSA) is 32.0 Å². The molecule has 0 spiro atoms. The molecule has 35 heavy (non-hydrogen) atoms. The van der Waals surface area contributed by atoms with Crippen molar-refractivity contribution >= 4 is 34.1 Å². The minimum atomic E-state index is 0.303. The molecule has 0 radical (unpaired) electrons. The lowest BCUT2D eigenvalue weighted by Crippen LogP contribution is -2.05. The van der Waals surface area contributed by atoms with E-state index in [1.807, 2.05) is 43.8 Å². The molecule has 4 rings (SSSR count). The molecule has 0 atom stereocenters. The molecule has 0 aliphatic heterocycles. The van der Waals surface area contributed by atoms with E-state index in [1.54, 1.807) is 0 Å². The van der Waals surface area contributed by atoms with Crippen molar-refractivity contribution in [3.05, 3.63) is 68.1 Å². The smallest absolute Gasteiger partial charge is 0.119 e. The predicted octanol–water partition coefficient (Wildman–Crippen LogP) is 8.48. The summed E-state index contributed by atoms with van der Waals surface area (Å²) in [7, 11) is 1.99. The van der Waals surface area contributed by atoms with Crippen molar-refractivity contribution in [2.45, 2.75) is 67.3 Å². The minimum Gasteiger partial charge on any atom is -0.494 e. The maximum absolute atomic E-state index is 6.88. The number of ether oxygens (including phenoxy) is 1. The SMILES string of the molecule is Cc1cc(OCCCc2c(C)n(C(C)C)c3c(-c4c(C)nn(C)c4C)c(Cl)ccc23)cc(C)c1Cl. The zero-order chi connectivity index (χ0) is 25.6. The molecule has 4 aromatic rings. The van der Waals surface area contributed by atoms with Crippen molar-refractivity contribution in [2.24, 2.45) is 7.05 Å². The lowest BCUT2D eigenvalue weighted by molar-refractivity contribution is 0.310. The van der Waals surface area contributed by atoms with Gasteiger partial charge in [0.25, 0.3) is 0 Å². The fraction of sp³-hybridized carbons (Fsp3) is 0.414. The first kappa shape index (κ1) is 25.7. The third-order valence-electron chi connectivity index (χ3n) is 7.02. The highest BCUT2D eigenvalue weighted by Gasteiger charge is 2.24. The predicted molar refractivity (Wildman–Crippen MR) is 148 cm³/mol.